The van der Waals surface area contributed by atoms with Crippen LogP contribution in [0.25, 0.3) is 33.9 Å². The van der Waals surface area contributed by atoms with Gasteiger partial charge in [-0.3, -0.25) is 0 Å². The van der Waals surface area contributed by atoms with Crippen LogP contribution in [0.1, 0.15) is 127 Å². The SMILES string of the molecule is C/C=C/C=C\C(C)=C/c1ccc(-c2ccccc2)cc1.C\C=C/C=C\C(=C\C1(C)C2=C(CCC=C2)C(C)(C)c2ccccc21)c1ccc(-c2ccccc2)cc1.Cc1ccc2c(c1)C(C)(C)[C@H](C)CC/C=C\C2. The van der Waals surface area contributed by atoms with E-state index in [2.05, 4.69) is 281 Å². The van der Waals surface area contributed by atoms with Gasteiger partial charge in [-0.2, -0.15) is 0 Å². The molecule has 0 amide bonds. The first kappa shape index (κ1) is 53.8. The minimum Gasteiger partial charge on any atom is -0.0882 e. The highest BCUT2D eigenvalue weighted by Crippen LogP contribution is 2.53. The third kappa shape index (κ3) is 13.3. The summed E-state index contributed by atoms with van der Waals surface area (Å²) in [7, 11) is 0. The Kier molecular flexibility index (Phi) is 18.5. The third-order valence-electron chi connectivity index (χ3n) is 15.5. The maximum atomic E-state index is 2.50. The van der Waals surface area contributed by atoms with Crippen molar-refractivity contribution in [3.63, 3.8) is 0 Å². The molecule has 0 fully saturated rings. The number of allylic oxidation sites excluding steroid dienone is 17. The summed E-state index contributed by atoms with van der Waals surface area (Å²) in [5.74, 6) is 0.728. The minimum atomic E-state index is -0.202. The van der Waals surface area contributed by atoms with Crippen LogP contribution in [0.5, 0.6) is 0 Å². The molecule has 0 N–H and O–H groups in total. The molecule has 0 heterocycles. The summed E-state index contributed by atoms with van der Waals surface area (Å²) in [4.78, 5) is 0. The minimum absolute atomic E-state index is 0.0440. The molecule has 0 radical (unpaired) electrons. The van der Waals surface area contributed by atoms with Crippen LogP contribution in [0, 0.1) is 12.8 Å². The van der Waals surface area contributed by atoms with E-state index in [-0.39, 0.29) is 16.2 Å². The lowest BCUT2D eigenvalue weighted by Gasteiger charge is -2.46. The van der Waals surface area contributed by atoms with E-state index in [9.17, 15) is 0 Å². The average molecular weight is 957 g/mol. The first-order chi connectivity index (χ1) is 35.3. The van der Waals surface area contributed by atoms with Gasteiger partial charge in [-0.15, -0.1) is 0 Å². The van der Waals surface area contributed by atoms with Crippen LogP contribution in [0.3, 0.4) is 0 Å². The summed E-state index contributed by atoms with van der Waals surface area (Å²) >= 11 is 0. The Labute approximate surface area is 441 Å². The molecule has 73 heavy (non-hydrogen) atoms. The zero-order valence-corrected chi connectivity index (χ0v) is 45.6. The van der Waals surface area contributed by atoms with Crippen molar-refractivity contribution >= 4 is 11.6 Å². The predicted octanol–water partition coefficient (Wildman–Crippen LogP) is 20.5. The molecule has 0 spiro atoms. The Morgan fingerprint density at radius 1 is 0.562 bits per heavy atom. The fourth-order valence-electron chi connectivity index (χ4n) is 10.8. The van der Waals surface area contributed by atoms with Crippen molar-refractivity contribution in [2.45, 2.75) is 118 Å². The molecular weight excluding hydrogens is 877 g/mol. The van der Waals surface area contributed by atoms with E-state index in [1.807, 2.05) is 25.1 Å². The summed E-state index contributed by atoms with van der Waals surface area (Å²) in [6.45, 7) is 22.8. The van der Waals surface area contributed by atoms with Crippen molar-refractivity contribution in [1.82, 2.24) is 0 Å². The van der Waals surface area contributed by atoms with Gasteiger partial charge in [-0.1, -0.05) is 288 Å². The first-order valence-corrected chi connectivity index (χ1v) is 26.8. The molecule has 6 aromatic rings. The van der Waals surface area contributed by atoms with Crippen LogP contribution in [0.4, 0.5) is 0 Å². The van der Waals surface area contributed by atoms with Crippen molar-refractivity contribution in [2.75, 3.05) is 0 Å². The van der Waals surface area contributed by atoms with Crippen LogP contribution >= 0.6 is 0 Å². The van der Waals surface area contributed by atoms with Crippen LogP contribution in [-0.2, 0) is 22.7 Å². The fraction of sp³-hybridized carbons (Fsp3) is 0.260. The summed E-state index contributed by atoms with van der Waals surface area (Å²) in [5, 5.41) is 0. The van der Waals surface area contributed by atoms with E-state index in [1.165, 1.54) is 85.2 Å². The second-order valence-electron chi connectivity index (χ2n) is 21.4. The second kappa shape index (κ2) is 25.1. The van der Waals surface area contributed by atoms with Gasteiger partial charge in [0.15, 0.2) is 0 Å². The number of hydrogen-bond donors (Lipinski definition) is 0. The molecule has 0 bridgehead atoms. The predicted molar refractivity (Wildman–Crippen MR) is 321 cm³/mol. The van der Waals surface area contributed by atoms with Gasteiger partial charge >= 0.3 is 0 Å². The highest BCUT2D eigenvalue weighted by Gasteiger charge is 2.44. The zero-order chi connectivity index (χ0) is 51.9. The van der Waals surface area contributed by atoms with E-state index in [0.29, 0.717) is 0 Å². The van der Waals surface area contributed by atoms with Gasteiger partial charge in [-0.05, 0) is 145 Å². The lowest BCUT2D eigenvalue weighted by Crippen LogP contribution is -2.38. The third-order valence-corrected chi connectivity index (χ3v) is 15.5. The van der Waals surface area contributed by atoms with Crippen molar-refractivity contribution in [1.29, 1.82) is 0 Å². The maximum absolute atomic E-state index is 2.50. The van der Waals surface area contributed by atoms with E-state index in [1.54, 1.807) is 11.1 Å². The molecular formula is C73H80. The van der Waals surface area contributed by atoms with Gasteiger partial charge in [0, 0.05) is 10.8 Å². The zero-order valence-electron chi connectivity index (χ0n) is 45.6. The normalized spacial score (nSPS) is 19.7. The van der Waals surface area contributed by atoms with E-state index in [0.717, 1.165) is 25.2 Å². The largest absolute Gasteiger partial charge is 0.0882 e. The Morgan fingerprint density at radius 3 is 1.77 bits per heavy atom. The highest BCUT2D eigenvalue weighted by molar-refractivity contribution is 5.79. The van der Waals surface area contributed by atoms with Crippen LogP contribution in [0.2, 0.25) is 0 Å². The van der Waals surface area contributed by atoms with Gasteiger partial charge in [-0.25, -0.2) is 0 Å². The average Bonchev–Trinajstić information content (AvgIpc) is 3.46. The Hall–Kier alpha value is -7.02. The van der Waals surface area contributed by atoms with Crippen molar-refractivity contribution < 1.29 is 0 Å². The smallest absolute Gasteiger partial charge is 0.0365 e. The summed E-state index contributed by atoms with van der Waals surface area (Å²) < 4.78 is 0. The Balaban J connectivity index is 0.000000178. The second-order valence-corrected chi connectivity index (χ2v) is 21.4. The van der Waals surface area contributed by atoms with Crippen LogP contribution < -0.4 is 0 Å². The van der Waals surface area contributed by atoms with Crippen LogP contribution in [0.15, 0.2) is 247 Å². The Bertz CT molecular complexity index is 3040. The molecule has 3 aliphatic rings. The highest BCUT2D eigenvalue weighted by atomic mass is 14.5. The first-order valence-electron chi connectivity index (χ1n) is 26.8. The molecule has 3 aliphatic carbocycles. The van der Waals surface area contributed by atoms with E-state index >= 15 is 0 Å². The molecule has 0 aliphatic heterocycles. The summed E-state index contributed by atoms with van der Waals surface area (Å²) in [6, 6.07) is 54.8. The standard InChI is InChI=1S/C36H36.C20H20.C17H24/c1-5-6-8-17-30(29-24-22-28(23-25-29)27-15-9-7-10-16-27)26-36(4)33-20-13-11-18-31(33)35(2,3)32-19-12-14-21-34(32)36;1-3-4-6-9-17(2)16-18-12-14-20(15-13-18)19-10-7-5-8-11-19;1-13-10-11-15-9-7-5-6-8-14(2)17(3,4)16(15)12-13/h5-11,13-18,20-26H,12,19H2,1-4H3;3-16H,1-2H3;5,7,10-12,14H,6,8-9H2,1-4H3/b6-5-,17-8-,30-26-;4-3+,9-6-,17-16-;7-5-/t;;14-/m..1/s1. The molecule has 0 saturated carbocycles. The maximum Gasteiger partial charge on any atom is 0.0365 e. The quantitative estimate of drug-likeness (QED) is 0.100. The van der Waals surface area contributed by atoms with Crippen molar-refractivity contribution in [3.8, 4) is 22.3 Å². The van der Waals surface area contributed by atoms with Gasteiger partial charge in [0.05, 0.1) is 0 Å². The Morgan fingerprint density at radius 2 is 1.14 bits per heavy atom. The number of benzene rings is 6. The lowest BCUT2D eigenvalue weighted by atomic mass is 9.57. The molecule has 6 aromatic carbocycles. The fourth-order valence-corrected chi connectivity index (χ4v) is 10.8. The van der Waals surface area contributed by atoms with Gasteiger partial charge in [0.25, 0.3) is 0 Å². The number of fused-ring (bicyclic) bond motifs is 2. The number of rotatable bonds is 9. The summed E-state index contributed by atoms with van der Waals surface area (Å²) in [6.07, 6.45) is 36.8. The van der Waals surface area contributed by atoms with Gasteiger partial charge in [0.1, 0.15) is 0 Å². The van der Waals surface area contributed by atoms with E-state index < -0.39 is 0 Å². The van der Waals surface area contributed by atoms with Crippen molar-refractivity contribution in [3.05, 3.63) is 286 Å². The van der Waals surface area contributed by atoms with Crippen LogP contribution in [-0.4, -0.2) is 0 Å². The van der Waals surface area contributed by atoms with Crippen molar-refractivity contribution in [2.24, 2.45) is 5.92 Å². The molecule has 2 atom stereocenters. The van der Waals surface area contributed by atoms with E-state index in [4.69, 9.17) is 0 Å². The molecule has 0 aromatic heterocycles. The monoisotopic (exact) mass is 957 g/mol. The molecule has 0 heteroatoms. The molecule has 9 rings (SSSR count). The molecule has 372 valence electrons. The summed E-state index contributed by atoms with van der Waals surface area (Å²) in [5.41, 5.74) is 20.4. The van der Waals surface area contributed by atoms with Gasteiger partial charge in [0.2, 0.25) is 0 Å². The topological polar surface area (TPSA) is 0 Å². The lowest BCUT2D eigenvalue weighted by molar-refractivity contribution is 0.325. The van der Waals surface area contributed by atoms with Gasteiger partial charge < -0.3 is 0 Å². The number of aryl methyl sites for hydroxylation is 1. The molecule has 1 unspecified atom stereocenters. The molecule has 0 saturated heterocycles. The number of hydrogen-bond acceptors (Lipinski definition) is 0. The molecule has 0 nitrogen and oxygen atoms in total.